The van der Waals surface area contributed by atoms with Crippen molar-refractivity contribution in [3.8, 4) is 0 Å². The molecule has 6 rings (SSSR count). The number of fused-ring (bicyclic) bond motifs is 5. The average Bonchev–Trinajstić information content (AvgIpc) is 3.11. The van der Waals surface area contributed by atoms with E-state index in [9.17, 15) is 9.59 Å². The van der Waals surface area contributed by atoms with Crippen molar-refractivity contribution in [1.82, 2.24) is 4.90 Å². The van der Waals surface area contributed by atoms with Crippen LogP contribution in [0.1, 0.15) is 41.8 Å². The van der Waals surface area contributed by atoms with Gasteiger partial charge in [-0.2, -0.15) is 0 Å². The molecule has 1 fully saturated rings. The van der Waals surface area contributed by atoms with Crippen molar-refractivity contribution in [3.63, 3.8) is 0 Å². The Balaban J connectivity index is 1.50. The second-order valence-corrected chi connectivity index (χ2v) is 10.2. The number of carbonyl (C=O) groups is 2. The van der Waals surface area contributed by atoms with E-state index in [1.807, 2.05) is 90.0 Å². The lowest BCUT2D eigenvalue weighted by Crippen LogP contribution is -2.50. The molecule has 1 saturated heterocycles. The molecule has 0 saturated carbocycles. The molecule has 3 aliphatic rings. The minimum Gasteiger partial charge on any atom is -0.463 e. The number of halogens is 1. The number of esters is 1. The van der Waals surface area contributed by atoms with Crippen molar-refractivity contribution in [1.29, 1.82) is 0 Å². The topological polar surface area (TPSA) is 59.1 Å². The van der Waals surface area contributed by atoms with E-state index in [4.69, 9.17) is 9.47 Å². The molecule has 2 atom stereocenters. The quantitative estimate of drug-likeness (QED) is 0.289. The molecule has 7 heteroatoms. The number of ether oxygens (including phenoxy) is 2. The number of hydrogen-bond donors (Lipinski definition) is 0. The van der Waals surface area contributed by atoms with E-state index in [2.05, 4.69) is 15.9 Å². The monoisotopic (exact) mass is 556 g/mol. The molecular formula is C30H25BrN2O4. The zero-order valence-electron chi connectivity index (χ0n) is 20.3. The van der Waals surface area contributed by atoms with Crippen LogP contribution in [0.25, 0.3) is 6.08 Å². The fourth-order valence-electron chi connectivity index (χ4n) is 5.38. The van der Waals surface area contributed by atoms with Crippen LogP contribution in [0, 0.1) is 0 Å². The normalized spacial score (nSPS) is 22.7. The Morgan fingerprint density at radius 3 is 2.73 bits per heavy atom. The Morgan fingerprint density at radius 2 is 1.92 bits per heavy atom. The van der Waals surface area contributed by atoms with Crippen molar-refractivity contribution in [2.75, 3.05) is 11.5 Å². The summed E-state index contributed by atoms with van der Waals surface area (Å²) in [4.78, 5) is 30.7. The highest BCUT2D eigenvalue weighted by molar-refractivity contribution is 9.10. The maximum absolute atomic E-state index is 14.4. The van der Waals surface area contributed by atoms with Crippen LogP contribution in [0.2, 0.25) is 0 Å². The summed E-state index contributed by atoms with van der Waals surface area (Å²) in [6.45, 7) is 2.46. The first kappa shape index (κ1) is 23.7. The Bertz CT molecular complexity index is 1450. The number of benzene rings is 3. The lowest BCUT2D eigenvalue weighted by atomic mass is 9.86. The maximum Gasteiger partial charge on any atom is 0.332 e. The van der Waals surface area contributed by atoms with Crippen LogP contribution < -0.4 is 4.90 Å². The van der Waals surface area contributed by atoms with Gasteiger partial charge in [0.15, 0.2) is 11.8 Å². The summed E-state index contributed by atoms with van der Waals surface area (Å²) in [5.74, 6) is -0.590. The minimum absolute atomic E-state index is 0.147. The van der Waals surface area contributed by atoms with Gasteiger partial charge in [-0.25, -0.2) is 4.79 Å². The molecule has 1 spiro atoms. The van der Waals surface area contributed by atoms with Gasteiger partial charge >= 0.3 is 5.97 Å². The fourth-order valence-corrected chi connectivity index (χ4v) is 5.75. The third kappa shape index (κ3) is 3.99. The predicted molar refractivity (Wildman–Crippen MR) is 144 cm³/mol. The first-order chi connectivity index (χ1) is 18.0. The summed E-state index contributed by atoms with van der Waals surface area (Å²) in [6.07, 6.45) is 5.01. The summed E-state index contributed by atoms with van der Waals surface area (Å²) >= 11 is 3.60. The molecule has 0 unspecified atom stereocenters. The third-order valence-electron chi connectivity index (χ3n) is 7.03. The van der Waals surface area contributed by atoms with Gasteiger partial charge in [0.1, 0.15) is 0 Å². The summed E-state index contributed by atoms with van der Waals surface area (Å²) in [7, 11) is 0. The highest BCUT2D eigenvalue weighted by atomic mass is 79.9. The zero-order chi connectivity index (χ0) is 25.6. The second-order valence-electron chi connectivity index (χ2n) is 9.25. The van der Waals surface area contributed by atoms with E-state index in [0.29, 0.717) is 12.2 Å². The van der Waals surface area contributed by atoms with E-state index in [1.54, 1.807) is 11.8 Å². The van der Waals surface area contributed by atoms with Gasteiger partial charge < -0.3 is 19.3 Å². The zero-order valence-corrected chi connectivity index (χ0v) is 21.9. The Hall–Kier alpha value is -3.68. The average molecular weight is 557 g/mol. The van der Waals surface area contributed by atoms with E-state index < -0.39 is 17.8 Å². The van der Waals surface area contributed by atoms with Gasteiger partial charge in [-0.05, 0) is 42.3 Å². The fraction of sp³-hybridized carbons (Fsp3) is 0.200. The first-order valence-corrected chi connectivity index (χ1v) is 13.1. The lowest BCUT2D eigenvalue weighted by molar-refractivity contribution is -0.184. The summed E-state index contributed by atoms with van der Waals surface area (Å²) in [6, 6.07) is 23.7. The van der Waals surface area contributed by atoms with Gasteiger partial charge in [0.2, 0.25) is 0 Å². The Labute approximate surface area is 223 Å². The predicted octanol–water partition coefficient (Wildman–Crippen LogP) is 6.04. The highest BCUT2D eigenvalue weighted by Crippen LogP contribution is 2.55. The van der Waals surface area contributed by atoms with Crippen LogP contribution >= 0.6 is 15.9 Å². The molecule has 3 aliphatic heterocycles. The van der Waals surface area contributed by atoms with Gasteiger partial charge in [0.25, 0.3) is 5.91 Å². The van der Waals surface area contributed by atoms with Gasteiger partial charge in [-0.1, -0.05) is 70.5 Å². The molecule has 186 valence electrons. The van der Waals surface area contributed by atoms with Gasteiger partial charge in [-0.3, -0.25) is 4.79 Å². The SMILES string of the molecule is CCOC(=O)/C=C1/C[C@@]2(O[C@H]3c4ccccc4C=CN13)C(=O)N(Cc1ccccc1)c1ccc(Br)cc12. The molecule has 0 aliphatic carbocycles. The van der Waals surface area contributed by atoms with E-state index in [1.165, 1.54) is 6.08 Å². The van der Waals surface area contributed by atoms with Crippen molar-refractivity contribution in [3.05, 3.63) is 117 Å². The van der Waals surface area contributed by atoms with Crippen molar-refractivity contribution >= 4 is 39.6 Å². The number of hydrogen-bond acceptors (Lipinski definition) is 5. The van der Waals surface area contributed by atoms with Crippen molar-refractivity contribution < 1.29 is 19.1 Å². The van der Waals surface area contributed by atoms with Crippen molar-refractivity contribution in [2.45, 2.75) is 31.7 Å². The van der Waals surface area contributed by atoms with E-state index >= 15 is 0 Å². The van der Waals surface area contributed by atoms with Crippen molar-refractivity contribution in [2.24, 2.45) is 0 Å². The number of rotatable bonds is 4. The smallest absolute Gasteiger partial charge is 0.332 e. The van der Waals surface area contributed by atoms with Crippen LogP contribution in [0.3, 0.4) is 0 Å². The van der Waals surface area contributed by atoms with Crippen LogP contribution in [0.4, 0.5) is 5.69 Å². The highest BCUT2D eigenvalue weighted by Gasteiger charge is 2.57. The van der Waals surface area contributed by atoms with Crippen LogP contribution in [-0.2, 0) is 31.2 Å². The molecule has 1 amide bonds. The van der Waals surface area contributed by atoms with Gasteiger partial charge in [-0.15, -0.1) is 0 Å². The minimum atomic E-state index is -1.30. The first-order valence-electron chi connectivity index (χ1n) is 12.3. The molecule has 37 heavy (non-hydrogen) atoms. The molecular weight excluding hydrogens is 532 g/mol. The van der Waals surface area contributed by atoms with E-state index in [0.717, 1.165) is 32.4 Å². The molecule has 0 aromatic heterocycles. The summed E-state index contributed by atoms with van der Waals surface area (Å²) < 4.78 is 13.0. The lowest BCUT2D eigenvalue weighted by Gasteiger charge is -2.47. The van der Waals surface area contributed by atoms with Crippen LogP contribution in [-0.4, -0.2) is 23.4 Å². The molecule has 6 nitrogen and oxygen atoms in total. The molecule has 0 bridgehead atoms. The van der Waals surface area contributed by atoms with E-state index in [-0.39, 0.29) is 18.9 Å². The third-order valence-corrected chi connectivity index (χ3v) is 7.53. The summed E-state index contributed by atoms with van der Waals surface area (Å²) in [5.41, 5.74) is 3.92. The summed E-state index contributed by atoms with van der Waals surface area (Å²) in [5, 5.41) is 0. The Morgan fingerprint density at radius 1 is 1.14 bits per heavy atom. The molecule has 0 radical (unpaired) electrons. The van der Waals surface area contributed by atoms with Crippen LogP contribution in [0.5, 0.6) is 0 Å². The molecule has 3 aromatic rings. The number of anilines is 1. The molecule has 0 N–H and O–H groups in total. The maximum atomic E-state index is 14.4. The number of amides is 1. The molecule has 3 heterocycles. The largest absolute Gasteiger partial charge is 0.463 e. The van der Waals surface area contributed by atoms with Crippen LogP contribution in [0.15, 0.2) is 95.2 Å². The number of nitrogens with zero attached hydrogens (tertiary/aromatic N) is 2. The Kier molecular flexibility index (Phi) is 5.97. The van der Waals surface area contributed by atoms with Gasteiger partial charge in [0.05, 0.1) is 18.8 Å². The molecule has 3 aromatic carbocycles. The standard InChI is InChI=1S/C30H25BrN2O4/c1-2-36-27(34)17-23-18-30(37-28-24-11-7-6-10-21(24)14-15-32(23)28)25-16-22(31)12-13-26(25)33(29(30)35)19-20-8-4-3-5-9-20/h3-17,28H,2,18-19H2,1H3/b23-17-/t28-,30-/m0/s1. The second kappa shape index (κ2) is 9.32. The number of carbonyl (C=O) groups excluding carboxylic acids is 2. The van der Waals surface area contributed by atoms with Gasteiger partial charge in [0, 0.05) is 40.0 Å².